The quantitative estimate of drug-likeness (QED) is 0.513. The molecule has 0 radical (unpaired) electrons. The minimum absolute atomic E-state index is 0.0804. The van der Waals surface area contributed by atoms with Crippen molar-refractivity contribution in [1.29, 1.82) is 0 Å². The number of hydrogen-bond donors (Lipinski definition) is 1. The van der Waals surface area contributed by atoms with E-state index >= 15 is 0 Å². The number of anilines is 1. The Hall–Kier alpha value is -3.32. The summed E-state index contributed by atoms with van der Waals surface area (Å²) >= 11 is 1.29. The summed E-state index contributed by atoms with van der Waals surface area (Å²) in [6, 6.07) is 15.7. The molecule has 2 aromatic heterocycles. The number of nitrogens with zero attached hydrogens (tertiary/aromatic N) is 2. The summed E-state index contributed by atoms with van der Waals surface area (Å²) in [5, 5.41) is 4.99. The van der Waals surface area contributed by atoms with E-state index in [-0.39, 0.29) is 18.1 Å². The molecule has 0 saturated carbocycles. The number of halogens is 1. The van der Waals surface area contributed by atoms with Crippen molar-refractivity contribution in [2.45, 2.75) is 13.3 Å². The number of rotatable bonds is 5. The van der Waals surface area contributed by atoms with E-state index < -0.39 is 0 Å². The second-order valence-corrected chi connectivity index (χ2v) is 7.02. The molecule has 0 spiro atoms. The lowest BCUT2D eigenvalue weighted by atomic mass is 10.2. The largest absolute Gasteiger partial charge is 0.441 e. The van der Waals surface area contributed by atoms with Crippen LogP contribution in [-0.2, 0) is 11.2 Å². The number of amides is 1. The molecule has 0 unspecified atom stereocenters. The van der Waals surface area contributed by atoms with Crippen LogP contribution >= 0.6 is 11.3 Å². The average molecular weight is 393 g/mol. The van der Waals surface area contributed by atoms with Crippen molar-refractivity contribution in [2.75, 3.05) is 5.32 Å². The minimum atomic E-state index is -0.327. The van der Waals surface area contributed by atoms with Crippen molar-refractivity contribution in [1.82, 2.24) is 9.97 Å². The molecular formula is C21H16FN3O2S. The van der Waals surface area contributed by atoms with Gasteiger partial charge in [0.2, 0.25) is 11.8 Å². The van der Waals surface area contributed by atoms with E-state index in [9.17, 15) is 9.18 Å². The van der Waals surface area contributed by atoms with Crippen LogP contribution in [0, 0.1) is 12.7 Å². The molecule has 0 bridgehead atoms. The van der Waals surface area contributed by atoms with Gasteiger partial charge in [0.25, 0.3) is 0 Å². The Balaban J connectivity index is 1.45. The molecule has 28 heavy (non-hydrogen) atoms. The highest BCUT2D eigenvalue weighted by Gasteiger charge is 2.16. The van der Waals surface area contributed by atoms with Gasteiger partial charge in [0.1, 0.15) is 11.6 Å². The van der Waals surface area contributed by atoms with Crippen LogP contribution in [-0.4, -0.2) is 15.9 Å². The molecule has 1 amide bonds. The Kier molecular flexibility index (Phi) is 4.99. The fourth-order valence-electron chi connectivity index (χ4n) is 2.72. The smallest absolute Gasteiger partial charge is 0.232 e. The Morgan fingerprint density at radius 2 is 1.89 bits per heavy atom. The van der Waals surface area contributed by atoms with E-state index in [0.717, 1.165) is 5.56 Å². The zero-order valence-corrected chi connectivity index (χ0v) is 15.8. The maximum absolute atomic E-state index is 13.4. The lowest BCUT2D eigenvalue weighted by molar-refractivity contribution is -0.115. The van der Waals surface area contributed by atoms with Gasteiger partial charge in [0, 0.05) is 16.5 Å². The van der Waals surface area contributed by atoms with Crippen molar-refractivity contribution in [2.24, 2.45) is 0 Å². The number of nitrogens with one attached hydrogen (secondary N) is 1. The SMILES string of the molecule is Cc1oc(-c2ccccc2)nc1CC(=O)Nc1nc(-c2cccc(F)c2)cs1. The van der Waals surface area contributed by atoms with Gasteiger partial charge in [0.15, 0.2) is 5.13 Å². The second-order valence-electron chi connectivity index (χ2n) is 6.16. The van der Waals surface area contributed by atoms with Crippen molar-refractivity contribution < 1.29 is 13.6 Å². The highest BCUT2D eigenvalue weighted by Crippen LogP contribution is 2.26. The van der Waals surface area contributed by atoms with E-state index in [1.165, 1.54) is 23.5 Å². The minimum Gasteiger partial charge on any atom is -0.441 e. The number of carbonyl (C=O) groups excluding carboxylic acids is 1. The van der Waals surface area contributed by atoms with Gasteiger partial charge >= 0.3 is 0 Å². The van der Waals surface area contributed by atoms with Gasteiger partial charge in [-0.25, -0.2) is 14.4 Å². The van der Waals surface area contributed by atoms with Gasteiger partial charge in [-0.05, 0) is 31.2 Å². The Morgan fingerprint density at radius 3 is 2.68 bits per heavy atom. The van der Waals surface area contributed by atoms with Crippen molar-refractivity contribution in [3.05, 3.63) is 77.2 Å². The molecule has 7 heteroatoms. The standard InChI is InChI=1S/C21H16FN3O2S/c1-13-17(23-20(27-13)14-6-3-2-4-7-14)11-19(26)25-21-24-18(12-28-21)15-8-5-9-16(22)10-15/h2-10,12H,11H2,1H3,(H,24,25,26). The van der Waals surface area contributed by atoms with Crippen LogP contribution in [0.2, 0.25) is 0 Å². The number of benzene rings is 2. The predicted octanol–water partition coefficient (Wildman–Crippen LogP) is 5.09. The van der Waals surface area contributed by atoms with Crippen LogP contribution in [0.4, 0.5) is 9.52 Å². The third-order valence-corrected chi connectivity index (χ3v) is 4.87. The first kappa shape index (κ1) is 18.1. The van der Waals surface area contributed by atoms with Crippen molar-refractivity contribution in [3.63, 3.8) is 0 Å². The Morgan fingerprint density at radius 1 is 1.11 bits per heavy atom. The summed E-state index contributed by atoms with van der Waals surface area (Å²) < 4.78 is 19.0. The molecule has 2 heterocycles. The second kappa shape index (κ2) is 7.74. The topological polar surface area (TPSA) is 68.0 Å². The number of oxazole rings is 1. The molecule has 4 aromatic rings. The van der Waals surface area contributed by atoms with Crippen LogP contribution in [0.3, 0.4) is 0 Å². The summed E-state index contributed by atoms with van der Waals surface area (Å²) in [6.45, 7) is 1.79. The van der Waals surface area contributed by atoms with E-state index in [0.29, 0.717) is 33.7 Å². The highest BCUT2D eigenvalue weighted by atomic mass is 32.1. The zero-order valence-electron chi connectivity index (χ0n) is 15.0. The average Bonchev–Trinajstić information content (AvgIpc) is 3.30. The van der Waals surface area contributed by atoms with Gasteiger partial charge in [-0.15, -0.1) is 11.3 Å². The molecule has 0 aliphatic heterocycles. The van der Waals surface area contributed by atoms with E-state index in [1.54, 1.807) is 24.4 Å². The van der Waals surface area contributed by atoms with Gasteiger partial charge in [-0.3, -0.25) is 4.79 Å². The first-order valence-corrected chi connectivity index (χ1v) is 9.49. The number of thiazole rings is 1. The number of carbonyl (C=O) groups is 1. The highest BCUT2D eigenvalue weighted by molar-refractivity contribution is 7.14. The molecule has 0 aliphatic carbocycles. The molecule has 0 saturated heterocycles. The van der Waals surface area contributed by atoms with Crippen LogP contribution in [0.5, 0.6) is 0 Å². The summed E-state index contributed by atoms with van der Waals surface area (Å²) in [6.07, 6.45) is 0.0804. The maximum Gasteiger partial charge on any atom is 0.232 e. The van der Waals surface area contributed by atoms with Crippen molar-refractivity contribution >= 4 is 22.4 Å². The summed E-state index contributed by atoms with van der Waals surface area (Å²) in [5.74, 6) is 0.528. The van der Waals surface area contributed by atoms with Gasteiger partial charge in [0.05, 0.1) is 17.8 Å². The van der Waals surface area contributed by atoms with E-state index in [4.69, 9.17) is 4.42 Å². The van der Waals surface area contributed by atoms with Gasteiger partial charge < -0.3 is 9.73 Å². The molecule has 1 N–H and O–H groups in total. The Labute approximate surface area is 164 Å². The summed E-state index contributed by atoms with van der Waals surface area (Å²) in [5.41, 5.74) is 2.72. The monoisotopic (exact) mass is 393 g/mol. The fourth-order valence-corrected chi connectivity index (χ4v) is 3.46. The van der Waals surface area contributed by atoms with Crippen LogP contribution in [0.1, 0.15) is 11.5 Å². The molecule has 0 fully saturated rings. The molecular weight excluding hydrogens is 377 g/mol. The molecule has 5 nitrogen and oxygen atoms in total. The number of aromatic nitrogens is 2. The fraction of sp³-hybridized carbons (Fsp3) is 0.0952. The maximum atomic E-state index is 13.4. The lowest BCUT2D eigenvalue weighted by Gasteiger charge is -2.00. The molecule has 0 atom stereocenters. The Bertz CT molecular complexity index is 1120. The lowest BCUT2D eigenvalue weighted by Crippen LogP contribution is -2.15. The van der Waals surface area contributed by atoms with Gasteiger partial charge in [-0.2, -0.15) is 0 Å². The number of aryl methyl sites for hydroxylation is 1. The van der Waals surface area contributed by atoms with Crippen LogP contribution in [0.25, 0.3) is 22.7 Å². The van der Waals surface area contributed by atoms with Crippen LogP contribution < -0.4 is 5.32 Å². The summed E-state index contributed by atoms with van der Waals surface area (Å²) in [4.78, 5) is 21.2. The first-order chi connectivity index (χ1) is 13.6. The normalized spacial score (nSPS) is 10.8. The third-order valence-electron chi connectivity index (χ3n) is 4.11. The summed E-state index contributed by atoms with van der Waals surface area (Å²) in [7, 11) is 0. The zero-order chi connectivity index (χ0) is 19.5. The molecule has 140 valence electrons. The molecule has 0 aliphatic rings. The van der Waals surface area contributed by atoms with E-state index in [2.05, 4.69) is 15.3 Å². The molecule has 4 rings (SSSR count). The molecule has 2 aromatic carbocycles. The van der Waals surface area contributed by atoms with Gasteiger partial charge in [-0.1, -0.05) is 30.3 Å². The van der Waals surface area contributed by atoms with E-state index in [1.807, 2.05) is 30.3 Å². The predicted molar refractivity (Wildman–Crippen MR) is 107 cm³/mol. The van der Waals surface area contributed by atoms with Crippen LogP contribution in [0.15, 0.2) is 64.4 Å². The first-order valence-electron chi connectivity index (χ1n) is 8.61. The van der Waals surface area contributed by atoms with Crippen molar-refractivity contribution in [3.8, 4) is 22.7 Å². The number of hydrogen-bond acceptors (Lipinski definition) is 5. The third kappa shape index (κ3) is 3.99.